The van der Waals surface area contributed by atoms with Gasteiger partial charge in [0, 0.05) is 12.6 Å². The van der Waals surface area contributed by atoms with Crippen molar-refractivity contribution in [1.82, 2.24) is 4.90 Å². The number of hydrogen-bond acceptors (Lipinski definition) is 1. The van der Waals surface area contributed by atoms with E-state index in [1.54, 1.807) is 0 Å². The van der Waals surface area contributed by atoms with Gasteiger partial charge in [-0.2, -0.15) is 0 Å². The molecule has 2 rings (SSSR count). The third-order valence-corrected chi connectivity index (χ3v) is 4.23. The summed E-state index contributed by atoms with van der Waals surface area (Å²) in [4.78, 5) is 2.62. The average Bonchev–Trinajstić information content (AvgIpc) is 2.01. The Labute approximate surface area is 82.5 Å². The van der Waals surface area contributed by atoms with Gasteiger partial charge in [-0.3, -0.25) is 0 Å². The molecule has 0 aromatic heterocycles. The molecule has 13 heavy (non-hydrogen) atoms. The lowest BCUT2D eigenvalue weighted by Crippen LogP contribution is -2.53. The molecule has 3 atom stereocenters. The molecule has 0 bridgehead atoms. The van der Waals surface area contributed by atoms with Gasteiger partial charge in [-0.25, -0.2) is 0 Å². The second-order valence-corrected chi connectivity index (χ2v) is 5.66. The molecule has 0 amide bonds. The van der Waals surface area contributed by atoms with Crippen molar-refractivity contribution >= 4 is 0 Å². The van der Waals surface area contributed by atoms with E-state index in [1.165, 1.54) is 38.6 Å². The second-order valence-electron chi connectivity index (χ2n) is 5.66. The minimum Gasteiger partial charge on any atom is -0.303 e. The van der Waals surface area contributed by atoms with Crippen molar-refractivity contribution in [2.75, 3.05) is 13.6 Å². The fraction of sp³-hybridized carbons (Fsp3) is 1.00. The minimum absolute atomic E-state index is 0.644. The summed E-state index contributed by atoms with van der Waals surface area (Å²) in [5.74, 6) is 0.907. The van der Waals surface area contributed by atoms with Crippen LogP contribution < -0.4 is 0 Å². The molecule has 0 N–H and O–H groups in total. The van der Waals surface area contributed by atoms with E-state index in [9.17, 15) is 0 Å². The van der Waals surface area contributed by atoms with Gasteiger partial charge < -0.3 is 4.90 Å². The number of piperidine rings is 1. The minimum atomic E-state index is 0.644. The summed E-state index contributed by atoms with van der Waals surface area (Å²) in [5.41, 5.74) is 0.644. The first-order valence-corrected chi connectivity index (χ1v) is 5.82. The van der Waals surface area contributed by atoms with Gasteiger partial charge in [0.2, 0.25) is 0 Å². The highest BCUT2D eigenvalue weighted by atomic mass is 15.2. The lowest BCUT2D eigenvalue weighted by molar-refractivity contribution is -0.0154. The normalized spacial score (nSPS) is 47.3. The third-order valence-electron chi connectivity index (χ3n) is 4.23. The molecule has 76 valence electrons. The van der Waals surface area contributed by atoms with Crippen LogP contribution in [-0.2, 0) is 0 Å². The molecule has 1 heterocycles. The molecule has 2 fully saturated rings. The molecule has 0 aromatic rings. The van der Waals surface area contributed by atoms with Gasteiger partial charge in [0.1, 0.15) is 0 Å². The van der Waals surface area contributed by atoms with Crippen molar-refractivity contribution in [3.8, 4) is 0 Å². The molecule has 1 heteroatoms. The van der Waals surface area contributed by atoms with Crippen LogP contribution in [0.1, 0.15) is 46.0 Å². The van der Waals surface area contributed by atoms with E-state index in [0.29, 0.717) is 5.41 Å². The van der Waals surface area contributed by atoms with Crippen molar-refractivity contribution in [2.24, 2.45) is 11.3 Å². The molecule has 1 aliphatic carbocycles. The Balaban J connectivity index is 2.15. The highest BCUT2D eigenvalue weighted by molar-refractivity contribution is 4.96. The van der Waals surface area contributed by atoms with E-state index < -0.39 is 0 Å². The average molecular weight is 181 g/mol. The summed E-state index contributed by atoms with van der Waals surface area (Å²) in [5, 5.41) is 0. The maximum absolute atomic E-state index is 2.62. The summed E-state index contributed by atoms with van der Waals surface area (Å²) < 4.78 is 0. The van der Waals surface area contributed by atoms with Crippen LogP contribution >= 0.6 is 0 Å². The van der Waals surface area contributed by atoms with Crippen molar-refractivity contribution in [3.63, 3.8) is 0 Å². The maximum Gasteiger partial charge on any atom is 0.0146 e. The summed E-state index contributed by atoms with van der Waals surface area (Å²) >= 11 is 0. The van der Waals surface area contributed by atoms with Crippen LogP contribution in [0.4, 0.5) is 0 Å². The standard InChI is InChI=1S/C12H23N/c1-10-8-12(2)7-5-4-6-11(12)13(3)9-10/h10-11H,4-9H2,1-3H3/t10-,11-,12-/m1/s1. The van der Waals surface area contributed by atoms with E-state index in [-0.39, 0.29) is 0 Å². The Morgan fingerprint density at radius 2 is 2.08 bits per heavy atom. The van der Waals surface area contributed by atoms with Gasteiger partial charge in [-0.05, 0) is 37.6 Å². The van der Waals surface area contributed by atoms with Crippen LogP contribution in [0.25, 0.3) is 0 Å². The van der Waals surface area contributed by atoms with Crippen LogP contribution in [0, 0.1) is 11.3 Å². The molecule has 1 saturated carbocycles. The smallest absolute Gasteiger partial charge is 0.0146 e. The lowest BCUT2D eigenvalue weighted by Gasteiger charge is -2.52. The Morgan fingerprint density at radius 3 is 2.85 bits per heavy atom. The van der Waals surface area contributed by atoms with E-state index in [2.05, 4.69) is 25.8 Å². The summed E-state index contributed by atoms with van der Waals surface area (Å²) in [6.45, 7) is 6.25. The van der Waals surface area contributed by atoms with E-state index in [1.807, 2.05) is 0 Å². The highest BCUT2D eigenvalue weighted by Gasteiger charge is 2.42. The lowest BCUT2D eigenvalue weighted by atomic mass is 9.64. The van der Waals surface area contributed by atoms with E-state index in [4.69, 9.17) is 0 Å². The summed E-state index contributed by atoms with van der Waals surface area (Å²) in [6.07, 6.45) is 7.29. The van der Waals surface area contributed by atoms with Gasteiger partial charge in [-0.15, -0.1) is 0 Å². The zero-order valence-electron chi connectivity index (χ0n) is 9.34. The predicted molar refractivity (Wildman–Crippen MR) is 56.8 cm³/mol. The zero-order valence-corrected chi connectivity index (χ0v) is 9.34. The number of hydrogen-bond donors (Lipinski definition) is 0. The van der Waals surface area contributed by atoms with E-state index >= 15 is 0 Å². The van der Waals surface area contributed by atoms with Crippen LogP contribution in [0.2, 0.25) is 0 Å². The van der Waals surface area contributed by atoms with Crippen molar-refractivity contribution in [3.05, 3.63) is 0 Å². The van der Waals surface area contributed by atoms with Crippen molar-refractivity contribution in [2.45, 2.75) is 52.0 Å². The van der Waals surface area contributed by atoms with Gasteiger partial charge in [-0.1, -0.05) is 26.7 Å². The van der Waals surface area contributed by atoms with Crippen molar-refractivity contribution in [1.29, 1.82) is 0 Å². The first kappa shape index (κ1) is 9.51. The highest BCUT2D eigenvalue weighted by Crippen LogP contribution is 2.46. The van der Waals surface area contributed by atoms with Crippen LogP contribution in [0.15, 0.2) is 0 Å². The zero-order chi connectivity index (χ0) is 9.47. The molecule has 0 radical (unpaired) electrons. The van der Waals surface area contributed by atoms with E-state index in [0.717, 1.165) is 12.0 Å². The molecule has 1 nitrogen and oxygen atoms in total. The number of fused-ring (bicyclic) bond motifs is 1. The molecule has 1 aliphatic heterocycles. The molecule has 0 unspecified atom stereocenters. The van der Waals surface area contributed by atoms with Crippen LogP contribution in [-0.4, -0.2) is 24.5 Å². The predicted octanol–water partition coefficient (Wildman–Crippen LogP) is 2.91. The molecule has 0 aromatic carbocycles. The molecular formula is C12H23N. The molecular weight excluding hydrogens is 158 g/mol. The molecule has 1 saturated heterocycles. The Morgan fingerprint density at radius 1 is 1.31 bits per heavy atom. The topological polar surface area (TPSA) is 3.24 Å². The Hall–Kier alpha value is -0.0400. The first-order valence-electron chi connectivity index (χ1n) is 5.82. The third kappa shape index (κ3) is 1.63. The molecule has 2 aliphatic rings. The monoisotopic (exact) mass is 181 g/mol. The second kappa shape index (κ2) is 3.27. The quantitative estimate of drug-likeness (QED) is 0.555. The van der Waals surface area contributed by atoms with Gasteiger partial charge >= 0.3 is 0 Å². The maximum atomic E-state index is 2.62. The first-order chi connectivity index (χ1) is 6.12. The summed E-state index contributed by atoms with van der Waals surface area (Å²) in [7, 11) is 2.32. The number of rotatable bonds is 0. The number of likely N-dealkylation sites (tertiary alicyclic amines) is 1. The Kier molecular flexibility index (Phi) is 2.39. The Bertz CT molecular complexity index is 190. The van der Waals surface area contributed by atoms with Gasteiger partial charge in [0.25, 0.3) is 0 Å². The van der Waals surface area contributed by atoms with Crippen LogP contribution in [0.5, 0.6) is 0 Å². The van der Waals surface area contributed by atoms with Gasteiger partial charge in [0.05, 0.1) is 0 Å². The van der Waals surface area contributed by atoms with Crippen LogP contribution in [0.3, 0.4) is 0 Å². The fourth-order valence-electron chi connectivity index (χ4n) is 3.85. The fourth-order valence-corrected chi connectivity index (χ4v) is 3.85. The SMILES string of the molecule is C[C@H]1CN(C)[C@@H]2CCCC[C@]2(C)C1. The van der Waals surface area contributed by atoms with Gasteiger partial charge in [0.15, 0.2) is 0 Å². The largest absolute Gasteiger partial charge is 0.303 e. The summed E-state index contributed by atoms with van der Waals surface area (Å²) in [6, 6.07) is 0.887. The van der Waals surface area contributed by atoms with Crippen molar-refractivity contribution < 1.29 is 0 Å². The number of nitrogens with zero attached hydrogens (tertiary/aromatic N) is 1. The molecule has 0 spiro atoms.